The molecule has 0 aromatic heterocycles. The van der Waals surface area contributed by atoms with Crippen LogP contribution in [-0.4, -0.2) is 45.5 Å². The molecular formula is C9H17NO4. The highest BCUT2D eigenvalue weighted by Crippen LogP contribution is 2.22. The largest absolute Gasteiger partial charge is 0.480 e. The van der Waals surface area contributed by atoms with E-state index in [-0.39, 0.29) is 13.0 Å². The Morgan fingerprint density at radius 3 is 2.50 bits per heavy atom. The van der Waals surface area contributed by atoms with Gasteiger partial charge in [0.2, 0.25) is 0 Å². The molecule has 5 heteroatoms. The van der Waals surface area contributed by atoms with Crippen molar-refractivity contribution >= 4 is 5.97 Å². The zero-order chi connectivity index (χ0) is 10.9. The summed E-state index contributed by atoms with van der Waals surface area (Å²) in [4.78, 5) is 16.2. The van der Waals surface area contributed by atoms with Crippen LogP contribution < -0.4 is 0 Å². The molecule has 2 N–H and O–H groups in total. The minimum absolute atomic E-state index is 0.228. The first-order chi connectivity index (χ1) is 6.29. The maximum absolute atomic E-state index is 10.8. The van der Waals surface area contributed by atoms with Gasteiger partial charge in [-0.05, 0) is 20.8 Å². The third kappa shape index (κ3) is 2.94. The first-order valence-corrected chi connectivity index (χ1v) is 4.66. The Kier molecular flexibility index (Phi) is 3.14. The van der Waals surface area contributed by atoms with E-state index in [0.717, 1.165) is 0 Å². The number of aliphatic hydroxyl groups excluding tert-OH is 1. The van der Waals surface area contributed by atoms with Gasteiger partial charge in [0.05, 0.1) is 18.2 Å². The van der Waals surface area contributed by atoms with Crippen LogP contribution in [0.25, 0.3) is 0 Å². The molecule has 1 heterocycles. The number of nitrogens with zero attached hydrogens (tertiary/aromatic N) is 1. The number of rotatable bonds is 2. The second-order valence-electron chi connectivity index (χ2n) is 4.55. The van der Waals surface area contributed by atoms with Gasteiger partial charge in [-0.1, -0.05) is 0 Å². The number of hydrogen-bond acceptors (Lipinski definition) is 4. The van der Waals surface area contributed by atoms with Crippen molar-refractivity contribution in [3.05, 3.63) is 0 Å². The molecule has 0 bridgehead atoms. The molecule has 1 saturated heterocycles. The molecule has 2 atom stereocenters. The van der Waals surface area contributed by atoms with Crippen LogP contribution in [0.4, 0.5) is 0 Å². The molecule has 0 unspecified atom stereocenters. The summed E-state index contributed by atoms with van der Waals surface area (Å²) in [6.07, 6.45) is -0.385. The molecule has 0 aromatic rings. The van der Waals surface area contributed by atoms with Crippen molar-refractivity contribution in [1.82, 2.24) is 5.06 Å². The Morgan fingerprint density at radius 1 is 1.50 bits per heavy atom. The monoisotopic (exact) mass is 203 g/mol. The predicted molar refractivity (Wildman–Crippen MR) is 49.6 cm³/mol. The molecule has 0 amide bonds. The summed E-state index contributed by atoms with van der Waals surface area (Å²) in [5.74, 6) is -0.953. The van der Waals surface area contributed by atoms with Crippen molar-refractivity contribution < 1.29 is 19.8 Å². The van der Waals surface area contributed by atoms with Crippen molar-refractivity contribution in [1.29, 1.82) is 0 Å². The lowest BCUT2D eigenvalue weighted by atomic mass is 10.2. The zero-order valence-corrected chi connectivity index (χ0v) is 8.73. The predicted octanol–water partition coefficient (Wildman–Crippen LogP) is 0.236. The van der Waals surface area contributed by atoms with Gasteiger partial charge >= 0.3 is 5.97 Å². The Labute approximate surface area is 83.2 Å². The maximum Gasteiger partial charge on any atom is 0.323 e. The van der Waals surface area contributed by atoms with E-state index in [4.69, 9.17) is 9.94 Å². The van der Waals surface area contributed by atoms with E-state index in [9.17, 15) is 9.90 Å². The Balaban J connectivity index is 2.62. The molecule has 5 nitrogen and oxygen atoms in total. The van der Waals surface area contributed by atoms with Gasteiger partial charge in [-0.25, -0.2) is 0 Å². The van der Waals surface area contributed by atoms with Crippen molar-refractivity contribution in [3.63, 3.8) is 0 Å². The van der Waals surface area contributed by atoms with Crippen LogP contribution in [0, 0.1) is 0 Å². The van der Waals surface area contributed by atoms with Gasteiger partial charge in [0.1, 0.15) is 6.04 Å². The lowest BCUT2D eigenvalue weighted by Gasteiger charge is -2.29. The number of hydroxylamine groups is 2. The van der Waals surface area contributed by atoms with Crippen molar-refractivity contribution in [3.8, 4) is 0 Å². The quantitative estimate of drug-likeness (QED) is 0.672. The molecule has 1 aliphatic rings. The summed E-state index contributed by atoms with van der Waals surface area (Å²) in [6.45, 7) is 5.79. The minimum Gasteiger partial charge on any atom is -0.480 e. The molecule has 0 aliphatic carbocycles. The van der Waals surface area contributed by atoms with Crippen molar-refractivity contribution in [2.45, 2.75) is 44.9 Å². The molecule has 0 saturated carbocycles. The first-order valence-electron chi connectivity index (χ1n) is 4.66. The van der Waals surface area contributed by atoms with E-state index in [0.29, 0.717) is 0 Å². The minimum atomic E-state index is -0.953. The van der Waals surface area contributed by atoms with Crippen LogP contribution in [-0.2, 0) is 9.63 Å². The van der Waals surface area contributed by atoms with Crippen LogP contribution >= 0.6 is 0 Å². The van der Waals surface area contributed by atoms with Crippen LogP contribution in [0.1, 0.15) is 27.2 Å². The summed E-state index contributed by atoms with van der Waals surface area (Å²) in [6, 6.07) is -0.732. The molecule has 1 rings (SSSR count). The number of carboxylic acid groups (broad SMARTS) is 1. The van der Waals surface area contributed by atoms with Crippen LogP contribution in [0.15, 0.2) is 0 Å². The van der Waals surface area contributed by atoms with Gasteiger partial charge in [0.25, 0.3) is 0 Å². The standard InChI is InChI=1S/C9H17NO4/c1-9(2,3)14-10-5-6(11)4-7(10)8(12)13/h6-7,11H,4-5H2,1-3H3,(H,12,13)/t6-,7-/m0/s1. The molecule has 0 radical (unpaired) electrons. The van der Waals surface area contributed by atoms with Gasteiger partial charge in [-0.15, -0.1) is 0 Å². The lowest BCUT2D eigenvalue weighted by molar-refractivity contribution is -0.239. The van der Waals surface area contributed by atoms with Gasteiger partial charge in [0.15, 0.2) is 0 Å². The Hall–Kier alpha value is -0.650. The Morgan fingerprint density at radius 2 is 2.07 bits per heavy atom. The van der Waals surface area contributed by atoms with Crippen LogP contribution in [0.5, 0.6) is 0 Å². The average Bonchev–Trinajstić information content (AvgIpc) is 2.27. The van der Waals surface area contributed by atoms with Crippen molar-refractivity contribution in [2.24, 2.45) is 0 Å². The summed E-state index contributed by atoms with van der Waals surface area (Å²) >= 11 is 0. The molecule has 14 heavy (non-hydrogen) atoms. The third-order valence-corrected chi connectivity index (χ3v) is 1.91. The molecule has 1 aliphatic heterocycles. The van der Waals surface area contributed by atoms with E-state index in [1.807, 2.05) is 20.8 Å². The van der Waals surface area contributed by atoms with Gasteiger partial charge in [-0.2, -0.15) is 5.06 Å². The van der Waals surface area contributed by atoms with E-state index in [2.05, 4.69) is 0 Å². The van der Waals surface area contributed by atoms with Gasteiger partial charge in [0, 0.05) is 6.42 Å². The number of carboxylic acids is 1. The van der Waals surface area contributed by atoms with Gasteiger partial charge in [-0.3, -0.25) is 9.63 Å². The number of aliphatic hydroxyl groups is 1. The second kappa shape index (κ2) is 3.84. The first kappa shape index (κ1) is 11.4. The third-order valence-electron chi connectivity index (χ3n) is 1.91. The molecule has 0 aromatic carbocycles. The highest BCUT2D eigenvalue weighted by atomic mass is 16.7. The van der Waals surface area contributed by atoms with E-state index in [1.165, 1.54) is 5.06 Å². The molecule has 1 fully saturated rings. The molecule has 0 spiro atoms. The smallest absolute Gasteiger partial charge is 0.323 e. The number of hydrogen-bond donors (Lipinski definition) is 2. The summed E-state index contributed by atoms with van der Waals surface area (Å²) in [5, 5.41) is 19.6. The average molecular weight is 203 g/mol. The van der Waals surface area contributed by atoms with E-state index < -0.39 is 23.7 Å². The molecular weight excluding hydrogens is 186 g/mol. The highest BCUT2D eigenvalue weighted by Gasteiger charge is 2.38. The summed E-state index contributed by atoms with van der Waals surface area (Å²) in [5.41, 5.74) is -0.433. The summed E-state index contributed by atoms with van der Waals surface area (Å²) < 4.78 is 0. The fraction of sp³-hybridized carbons (Fsp3) is 0.889. The SMILES string of the molecule is CC(C)(C)ON1C[C@@H](O)C[C@H]1C(=O)O. The van der Waals surface area contributed by atoms with Crippen molar-refractivity contribution in [2.75, 3.05) is 6.54 Å². The number of carbonyl (C=O) groups is 1. The zero-order valence-electron chi connectivity index (χ0n) is 8.73. The maximum atomic E-state index is 10.8. The normalized spacial score (nSPS) is 29.4. The topological polar surface area (TPSA) is 70.0 Å². The number of aliphatic carboxylic acids is 1. The highest BCUT2D eigenvalue weighted by molar-refractivity contribution is 5.73. The summed E-state index contributed by atoms with van der Waals surface area (Å²) in [7, 11) is 0. The van der Waals surface area contributed by atoms with Crippen LogP contribution in [0.2, 0.25) is 0 Å². The number of β-amino-alcohol motifs (C(OH)–C–C–N with tert-alkyl or cyclic N) is 1. The fourth-order valence-corrected chi connectivity index (χ4v) is 1.46. The van der Waals surface area contributed by atoms with E-state index >= 15 is 0 Å². The fourth-order valence-electron chi connectivity index (χ4n) is 1.46. The second-order valence-corrected chi connectivity index (χ2v) is 4.55. The molecule has 82 valence electrons. The lowest BCUT2D eigenvalue weighted by Crippen LogP contribution is -2.41. The Bertz CT molecular complexity index is 223. The van der Waals surface area contributed by atoms with E-state index in [1.54, 1.807) is 0 Å². The van der Waals surface area contributed by atoms with Crippen LogP contribution in [0.3, 0.4) is 0 Å². The van der Waals surface area contributed by atoms with Gasteiger partial charge < -0.3 is 10.2 Å².